The Morgan fingerprint density at radius 2 is 1.00 bits per heavy atom. The van der Waals surface area contributed by atoms with E-state index in [0.29, 0.717) is 12.3 Å². The molecule has 0 aliphatic heterocycles. The van der Waals surface area contributed by atoms with Gasteiger partial charge < -0.3 is 43.4 Å². The van der Waals surface area contributed by atoms with Crippen molar-refractivity contribution in [3.05, 3.63) is 0 Å². The van der Waals surface area contributed by atoms with Crippen LogP contribution in [0, 0.1) is 5.92 Å². The topological polar surface area (TPSA) is 253 Å². The summed E-state index contributed by atoms with van der Waals surface area (Å²) in [6.45, 7) is 4.76. The minimum Gasteiger partial charge on any atom is -0.480 e. The molecule has 0 heterocycles. The van der Waals surface area contributed by atoms with Crippen molar-refractivity contribution < 1.29 is 39.6 Å². The predicted octanol–water partition coefficient (Wildman–Crippen LogP) is -2.08. The molecule has 0 amide bonds. The number of carboxylic acids is 4. The van der Waals surface area contributed by atoms with E-state index in [1.807, 2.05) is 13.8 Å². The molecule has 0 aliphatic carbocycles. The largest absolute Gasteiger partial charge is 0.480 e. The van der Waals surface area contributed by atoms with Crippen LogP contribution in [0.25, 0.3) is 0 Å². The van der Waals surface area contributed by atoms with E-state index in [2.05, 4.69) is 11.5 Å². The predicted molar refractivity (Wildman–Crippen MR) is 89.7 cm³/mol. The van der Waals surface area contributed by atoms with Gasteiger partial charge in [0.2, 0.25) is 0 Å². The average Bonchev–Trinajstić information content (AvgIpc) is 2.48. The number of hydrogen-bond donors (Lipinski definition) is 8. The fourth-order valence-electron chi connectivity index (χ4n) is 0.609. The quantitative estimate of drug-likeness (QED) is 0.250. The third kappa shape index (κ3) is 44.9. The molecule has 0 bridgehead atoms. The van der Waals surface area contributed by atoms with Crippen molar-refractivity contribution in [2.24, 2.45) is 28.9 Å². The molecule has 25 heavy (non-hydrogen) atoms. The van der Waals surface area contributed by atoms with E-state index in [0.717, 1.165) is 0 Å². The molecule has 12 heteroatoms. The highest BCUT2D eigenvalue weighted by atomic mass is 16.4. The van der Waals surface area contributed by atoms with Gasteiger partial charge in [-0.1, -0.05) is 13.8 Å². The van der Waals surface area contributed by atoms with E-state index in [9.17, 15) is 19.2 Å². The SMILES string of the molecule is CC(C)C[C@H](N)C(=O)O.C[C@H](N)C(=O)O.NCC(=O)O.NCC(=O)O. The molecule has 0 rings (SSSR count). The van der Waals surface area contributed by atoms with Crippen LogP contribution in [-0.2, 0) is 19.2 Å². The number of aliphatic carboxylic acids is 4. The van der Waals surface area contributed by atoms with Crippen LogP contribution >= 0.6 is 0 Å². The first kappa shape index (κ1) is 30.6. The summed E-state index contributed by atoms with van der Waals surface area (Å²) < 4.78 is 0. The van der Waals surface area contributed by atoms with E-state index in [-0.39, 0.29) is 13.1 Å². The van der Waals surface area contributed by atoms with E-state index in [1.54, 1.807) is 0 Å². The Balaban J connectivity index is -0.000000122. The van der Waals surface area contributed by atoms with Crippen molar-refractivity contribution >= 4 is 23.9 Å². The van der Waals surface area contributed by atoms with Crippen molar-refractivity contribution in [3.8, 4) is 0 Å². The van der Waals surface area contributed by atoms with E-state index >= 15 is 0 Å². The van der Waals surface area contributed by atoms with E-state index in [1.165, 1.54) is 6.92 Å². The third-order valence-corrected chi connectivity index (χ3v) is 1.78. The van der Waals surface area contributed by atoms with Gasteiger partial charge >= 0.3 is 23.9 Å². The summed E-state index contributed by atoms with van der Waals surface area (Å²) in [6.07, 6.45) is 0.551. The summed E-state index contributed by atoms with van der Waals surface area (Å²) in [5.74, 6) is -3.45. The second kappa shape index (κ2) is 19.8. The van der Waals surface area contributed by atoms with Gasteiger partial charge in [0.05, 0.1) is 13.1 Å². The normalized spacial score (nSPS) is 11.2. The zero-order valence-corrected chi connectivity index (χ0v) is 14.6. The number of rotatable bonds is 6. The van der Waals surface area contributed by atoms with Crippen molar-refractivity contribution in [2.75, 3.05) is 13.1 Å². The third-order valence-electron chi connectivity index (χ3n) is 1.78. The van der Waals surface area contributed by atoms with Gasteiger partial charge in [0.1, 0.15) is 12.1 Å². The maximum atomic E-state index is 10.1. The molecule has 0 aromatic carbocycles. The van der Waals surface area contributed by atoms with Crippen molar-refractivity contribution in [1.29, 1.82) is 0 Å². The number of nitrogens with two attached hydrogens (primary N) is 4. The highest BCUT2D eigenvalue weighted by Gasteiger charge is 2.11. The van der Waals surface area contributed by atoms with Crippen molar-refractivity contribution in [1.82, 2.24) is 0 Å². The van der Waals surface area contributed by atoms with Gasteiger partial charge in [-0.25, -0.2) is 0 Å². The Morgan fingerprint density at radius 3 is 1.04 bits per heavy atom. The fraction of sp³-hybridized carbons (Fsp3) is 0.692. The molecule has 150 valence electrons. The molecule has 0 radical (unpaired) electrons. The van der Waals surface area contributed by atoms with E-state index < -0.39 is 36.0 Å². The maximum Gasteiger partial charge on any atom is 0.320 e. The molecule has 2 atom stereocenters. The van der Waals surface area contributed by atoms with Crippen molar-refractivity contribution in [3.63, 3.8) is 0 Å². The summed E-state index contributed by atoms with van der Waals surface area (Å²) in [5.41, 5.74) is 19.2. The Kier molecular flexibility index (Phi) is 24.2. The first-order valence-electron chi connectivity index (χ1n) is 7.03. The lowest BCUT2D eigenvalue weighted by molar-refractivity contribution is -0.139. The number of carbonyl (C=O) groups is 4. The van der Waals surface area contributed by atoms with Gasteiger partial charge in [0.15, 0.2) is 0 Å². The highest BCUT2D eigenvalue weighted by molar-refractivity contribution is 5.73. The molecule has 0 saturated heterocycles. The fourth-order valence-corrected chi connectivity index (χ4v) is 0.609. The summed E-state index contributed by atoms with van der Waals surface area (Å²) in [5, 5.41) is 31.4. The summed E-state index contributed by atoms with van der Waals surface area (Å²) in [4.78, 5) is 38.2. The molecule has 0 fully saturated rings. The molecule has 12 N–H and O–H groups in total. The molecule has 0 spiro atoms. The lowest BCUT2D eigenvalue weighted by Crippen LogP contribution is -2.31. The smallest absolute Gasteiger partial charge is 0.320 e. The van der Waals surface area contributed by atoms with Gasteiger partial charge in [-0.2, -0.15) is 0 Å². The van der Waals surface area contributed by atoms with Crippen LogP contribution in [0.5, 0.6) is 0 Å². The van der Waals surface area contributed by atoms with Crippen molar-refractivity contribution in [2.45, 2.75) is 39.3 Å². The average molecular weight is 370 g/mol. The Morgan fingerprint density at radius 1 is 0.760 bits per heavy atom. The van der Waals surface area contributed by atoms with Gasteiger partial charge in [-0.05, 0) is 19.3 Å². The Hall–Kier alpha value is -2.28. The molecule has 0 aromatic rings. The lowest BCUT2D eigenvalue weighted by atomic mass is 10.1. The van der Waals surface area contributed by atoms with Gasteiger partial charge in [0.25, 0.3) is 0 Å². The minimum absolute atomic E-state index is 0.278. The second-order valence-corrected chi connectivity index (χ2v) is 4.90. The Labute approximate surface area is 145 Å². The maximum absolute atomic E-state index is 10.1. The van der Waals surface area contributed by atoms with Crippen LogP contribution in [0.4, 0.5) is 0 Å². The van der Waals surface area contributed by atoms with Gasteiger partial charge in [-0.15, -0.1) is 0 Å². The lowest BCUT2D eigenvalue weighted by Gasteiger charge is -2.07. The zero-order chi connectivity index (χ0) is 21.2. The first-order valence-corrected chi connectivity index (χ1v) is 7.03. The van der Waals surface area contributed by atoms with Crippen LogP contribution in [0.1, 0.15) is 27.2 Å². The molecular formula is C13H30N4O8. The molecule has 0 aliphatic rings. The summed E-state index contributed by atoms with van der Waals surface area (Å²) in [6, 6.07) is -1.42. The first-order chi connectivity index (χ1) is 11.2. The number of hydrogen-bond acceptors (Lipinski definition) is 8. The van der Waals surface area contributed by atoms with Crippen LogP contribution in [-0.4, -0.2) is 69.5 Å². The van der Waals surface area contributed by atoms with Crippen LogP contribution < -0.4 is 22.9 Å². The standard InChI is InChI=1S/C6H13NO2.C3H7NO2.2C2H5NO2/c1-4(2)3-5(7)6(8)9;1-2(4)3(5)6;2*3-1-2(4)5/h4-5H,3,7H2,1-2H3,(H,8,9);2H,4H2,1H3,(H,5,6);2*1,3H2,(H,4,5)/t5-;2-;;/m00../s1. The highest BCUT2D eigenvalue weighted by Crippen LogP contribution is 2.01. The van der Waals surface area contributed by atoms with Crippen LogP contribution in [0.3, 0.4) is 0 Å². The molecule has 0 aromatic heterocycles. The van der Waals surface area contributed by atoms with Crippen LogP contribution in [0.15, 0.2) is 0 Å². The van der Waals surface area contributed by atoms with Gasteiger partial charge in [-0.3, -0.25) is 19.2 Å². The molecule has 0 unspecified atom stereocenters. The monoisotopic (exact) mass is 370 g/mol. The van der Waals surface area contributed by atoms with Crippen LogP contribution in [0.2, 0.25) is 0 Å². The molecule has 0 saturated carbocycles. The summed E-state index contributed by atoms with van der Waals surface area (Å²) in [7, 11) is 0. The zero-order valence-electron chi connectivity index (χ0n) is 14.6. The second-order valence-electron chi connectivity index (χ2n) is 4.90. The van der Waals surface area contributed by atoms with Gasteiger partial charge in [0, 0.05) is 0 Å². The molecular weight excluding hydrogens is 340 g/mol. The minimum atomic E-state index is -0.968. The number of carboxylic acid groups (broad SMARTS) is 4. The summed E-state index contributed by atoms with van der Waals surface area (Å²) >= 11 is 0. The Bertz CT molecular complexity index is 374. The van der Waals surface area contributed by atoms with E-state index in [4.69, 9.17) is 31.9 Å². The molecule has 12 nitrogen and oxygen atoms in total.